The molecule has 1 aromatic rings. The molecule has 1 aliphatic rings. The van der Waals surface area contributed by atoms with Gasteiger partial charge in [-0.15, -0.1) is 0 Å². The average molecular weight is 226 g/mol. The minimum Gasteiger partial charge on any atom is -0.396 e. The Kier molecular flexibility index (Phi) is 3.70. The van der Waals surface area contributed by atoms with Crippen LogP contribution in [0, 0.1) is 6.92 Å². The van der Waals surface area contributed by atoms with Crippen molar-refractivity contribution in [1.29, 1.82) is 0 Å². The molecule has 3 nitrogen and oxygen atoms in total. The predicted molar refractivity (Wildman–Crippen MR) is 63.3 cm³/mol. The van der Waals surface area contributed by atoms with Gasteiger partial charge in [-0.25, -0.2) is 0 Å². The number of hydrogen-bond acceptors (Lipinski definition) is 3. The summed E-state index contributed by atoms with van der Waals surface area (Å²) in [5.74, 6) is 2.46. The first-order valence-electron chi connectivity index (χ1n) is 5.54. The lowest BCUT2D eigenvalue weighted by Gasteiger charge is -2.11. The summed E-state index contributed by atoms with van der Waals surface area (Å²) in [4.78, 5) is 0. The topological polar surface area (TPSA) is 38.1 Å². The van der Waals surface area contributed by atoms with Crippen LogP contribution in [0.5, 0.6) is 0 Å². The van der Waals surface area contributed by atoms with E-state index >= 15 is 0 Å². The van der Waals surface area contributed by atoms with Gasteiger partial charge >= 0.3 is 0 Å². The molecule has 0 amide bonds. The van der Waals surface area contributed by atoms with Gasteiger partial charge in [0, 0.05) is 18.1 Å². The molecule has 0 aliphatic carbocycles. The third-order valence-electron chi connectivity index (χ3n) is 3.00. The lowest BCUT2D eigenvalue weighted by molar-refractivity contribution is 0.288. The molecule has 0 spiro atoms. The zero-order chi connectivity index (χ0) is 10.7. The highest BCUT2D eigenvalue weighted by atomic mass is 32.2. The van der Waals surface area contributed by atoms with Gasteiger partial charge in [0.1, 0.15) is 0 Å². The fraction of sp³-hybridized carbons (Fsp3) is 0.727. The van der Waals surface area contributed by atoms with Crippen LogP contribution in [0.3, 0.4) is 0 Å². The lowest BCUT2D eigenvalue weighted by atomic mass is 10.1. The smallest absolute Gasteiger partial charge is 0.0620 e. The van der Waals surface area contributed by atoms with Crippen molar-refractivity contribution in [3.8, 4) is 0 Å². The van der Waals surface area contributed by atoms with Gasteiger partial charge in [-0.3, -0.25) is 4.68 Å². The molecule has 2 rings (SSSR count). The molecule has 0 bridgehead atoms. The van der Waals surface area contributed by atoms with E-state index in [0.717, 1.165) is 12.8 Å². The quantitative estimate of drug-likeness (QED) is 0.850. The Hall–Kier alpha value is -0.480. The van der Waals surface area contributed by atoms with Crippen LogP contribution in [-0.4, -0.2) is 33.0 Å². The van der Waals surface area contributed by atoms with Crippen LogP contribution in [0.4, 0.5) is 0 Å². The van der Waals surface area contributed by atoms with Crippen molar-refractivity contribution in [1.82, 2.24) is 9.78 Å². The summed E-state index contributed by atoms with van der Waals surface area (Å²) in [6.07, 6.45) is 4.99. The number of aliphatic hydroxyl groups is 1. The highest BCUT2D eigenvalue weighted by Gasteiger charge is 2.20. The minimum atomic E-state index is 0.268. The molecule has 15 heavy (non-hydrogen) atoms. The molecule has 4 heteroatoms. The molecule has 1 saturated heterocycles. The predicted octanol–water partition coefficient (Wildman–Crippen LogP) is 1.79. The molecule has 84 valence electrons. The van der Waals surface area contributed by atoms with Gasteiger partial charge in [-0.05, 0) is 37.5 Å². The molecule has 1 N–H and O–H groups in total. The third kappa shape index (κ3) is 2.37. The fourth-order valence-corrected chi connectivity index (χ4v) is 3.24. The Bertz CT molecular complexity index is 318. The SMILES string of the molecule is Cc1c(CCCO)cnn1C1CCSC1. The summed E-state index contributed by atoms with van der Waals surface area (Å²) in [5.41, 5.74) is 2.58. The van der Waals surface area contributed by atoms with Crippen LogP contribution in [-0.2, 0) is 6.42 Å². The van der Waals surface area contributed by atoms with Crippen molar-refractivity contribution in [2.24, 2.45) is 0 Å². The second-order valence-corrected chi connectivity index (χ2v) is 5.19. The first-order valence-corrected chi connectivity index (χ1v) is 6.70. The van der Waals surface area contributed by atoms with E-state index in [-0.39, 0.29) is 6.61 Å². The largest absolute Gasteiger partial charge is 0.396 e. The van der Waals surface area contributed by atoms with Crippen LogP contribution >= 0.6 is 11.8 Å². The van der Waals surface area contributed by atoms with E-state index in [1.165, 1.54) is 29.2 Å². The molecule has 0 aromatic carbocycles. The van der Waals surface area contributed by atoms with E-state index in [1.54, 1.807) is 0 Å². The number of nitrogens with zero attached hydrogens (tertiary/aromatic N) is 2. The van der Waals surface area contributed by atoms with Crippen molar-refractivity contribution >= 4 is 11.8 Å². The van der Waals surface area contributed by atoms with Crippen molar-refractivity contribution in [2.45, 2.75) is 32.2 Å². The van der Waals surface area contributed by atoms with Crippen LogP contribution in [0.25, 0.3) is 0 Å². The summed E-state index contributed by atoms with van der Waals surface area (Å²) in [6, 6.07) is 0.595. The number of rotatable bonds is 4. The van der Waals surface area contributed by atoms with Gasteiger partial charge in [0.25, 0.3) is 0 Å². The van der Waals surface area contributed by atoms with Crippen molar-refractivity contribution in [2.75, 3.05) is 18.1 Å². The molecule has 0 radical (unpaired) electrons. The maximum absolute atomic E-state index is 8.81. The maximum Gasteiger partial charge on any atom is 0.0620 e. The number of aromatic nitrogens is 2. The normalized spacial score (nSPS) is 21.1. The molecule has 1 aliphatic heterocycles. The Balaban J connectivity index is 2.08. The molecule has 1 aromatic heterocycles. The van der Waals surface area contributed by atoms with Gasteiger partial charge < -0.3 is 5.11 Å². The summed E-state index contributed by atoms with van der Waals surface area (Å²) >= 11 is 2.01. The lowest BCUT2D eigenvalue weighted by Crippen LogP contribution is -2.11. The average Bonchev–Trinajstić information content (AvgIpc) is 2.84. The van der Waals surface area contributed by atoms with Gasteiger partial charge in [0.15, 0.2) is 0 Å². The van der Waals surface area contributed by atoms with Crippen LogP contribution < -0.4 is 0 Å². The minimum absolute atomic E-state index is 0.268. The van der Waals surface area contributed by atoms with Crippen molar-refractivity contribution < 1.29 is 5.11 Å². The van der Waals surface area contributed by atoms with Crippen LogP contribution in [0.15, 0.2) is 6.20 Å². The van der Waals surface area contributed by atoms with Crippen molar-refractivity contribution in [3.63, 3.8) is 0 Å². The van der Waals surface area contributed by atoms with Crippen LogP contribution in [0.2, 0.25) is 0 Å². The Morgan fingerprint density at radius 3 is 3.20 bits per heavy atom. The number of aliphatic hydroxyl groups excluding tert-OH is 1. The summed E-state index contributed by atoms with van der Waals surface area (Å²) < 4.78 is 2.17. The summed E-state index contributed by atoms with van der Waals surface area (Å²) in [7, 11) is 0. The van der Waals surface area contributed by atoms with E-state index in [2.05, 4.69) is 16.7 Å². The van der Waals surface area contributed by atoms with E-state index in [4.69, 9.17) is 5.11 Å². The molecular weight excluding hydrogens is 208 g/mol. The van der Waals surface area contributed by atoms with Crippen molar-refractivity contribution in [3.05, 3.63) is 17.5 Å². The highest BCUT2D eigenvalue weighted by Crippen LogP contribution is 2.29. The Labute approximate surface area is 94.9 Å². The van der Waals surface area contributed by atoms with Gasteiger partial charge in [0.2, 0.25) is 0 Å². The number of thioether (sulfide) groups is 1. The second kappa shape index (κ2) is 5.03. The number of hydrogen-bond donors (Lipinski definition) is 1. The molecule has 0 saturated carbocycles. The Morgan fingerprint density at radius 2 is 2.53 bits per heavy atom. The molecule has 1 atom stereocenters. The van der Waals surface area contributed by atoms with E-state index in [1.807, 2.05) is 18.0 Å². The van der Waals surface area contributed by atoms with Crippen LogP contribution in [0.1, 0.15) is 30.1 Å². The third-order valence-corrected chi connectivity index (χ3v) is 4.15. The van der Waals surface area contributed by atoms with E-state index in [0.29, 0.717) is 6.04 Å². The summed E-state index contributed by atoms with van der Waals surface area (Å²) in [5, 5.41) is 13.3. The van der Waals surface area contributed by atoms with E-state index < -0.39 is 0 Å². The maximum atomic E-state index is 8.81. The highest BCUT2D eigenvalue weighted by molar-refractivity contribution is 7.99. The van der Waals surface area contributed by atoms with Gasteiger partial charge in [-0.2, -0.15) is 16.9 Å². The second-order valence-electron chi connectivity index (χ2n) is 4.04. The zero-order valence-corrected chi connectivity index (χ0v) is 9.96. The van der Waals surface area contributed by atoms with E-state index in [9.17, 15) is 0 Å². The molecule has 2 heterocycles. The first-order chi connectivity index (χ1) is 7.33. The zero-order valence-electron chi connectivity index (χ0n) is 9.15. The first kappa shape index (κ1) is 11.0. The fourth-order valence-electron chi connectivity index (χ4n) is 2.06. The standard InChI is InChI=1S/C11H18N2OS/c1-9-10(3-2-5-14)7-12-13(9)11-4-6-15-8-11/h7,11,14H,2-6,8H2,1H3. The Morgan fingerprint density at radius 1 is 1.67 bits per heavy atom. The monoisotopic (exact) mass is 226 g/mol. The number of aryl methyl sites for hydroxylation is 1. The van der Waals surface area contributed by atoms with Gasteiger partial charge in [0.05, 0.1) is 12.2 Å². The molecular formula is C11H18N2OS. The molecule has 1 fully saturated rings. The molecule has 1 unspecified atom stereocenters. The van der Waals surface area contributed by atoms with Gasteiger partial charge in [-0.1, -0.05) is 0 Å². The summed E-state index contributed by atoms with van der Waals surface area (Å²) in [6.45, 7) is 2.41.